The molecule has 0 unspecified atom stereocenters. The van der Waals surface area contributed by atoms with Crippen molar-refractivity contribution < 1.29 is 39.0 Å². The Morgan fingerprint density at radius 1 is 1.03 bits per heavy atom. The lowest BCUT2D eigenvalue weighted by molar-refractivity contribution is -0.147. The van der Waals surface area contributed by atoms with Gasteiger partial charge in [0.2, 0.25) is 17.7 Å². The predicted octanol–water partition coefficient (Wildman–Crippen LogP) is -0.271. The summed E-state index contributed by atoms with van der Waals surface area (Å²) in [6.07, 6.45) is 0.567. The number of carbonyl (C=O) groups is 6. The number of carbonyl (C=O) groups excluding carboxylic acids is 4. The number of nitrogens with one attached hydrogen (secondary N) is 4. The minimum Gasteiger partial charge on any atom is -0.481 e. The van der Waals surface area contributed by atoms with Gasteiger partial charge in [0.1, 0.15) is 6.04 Å². The third kappa shape index (κ3) is 13.7. The second-order valence-corrected chi connectivity index (χ2v) is 10.4. The van der Waals surface area contributed by atoms with Crippen LogP contribution < -0.4 is 27.0 Å². The van der Waals surface area contributed by atoms with Crippen LogP contribution in [-0.4, -0.2) is 82.5 Å². The van der Waals surface area contributed by atoms with Crippen molar-refractivity contribution in [2.45, 2.75) is 31.3 Å². The van der Waals surface area contributed by atoms with Gasteiger partial charge in [0.25, 0.3) is 0 Å². The molecule has 0 aliphatic heterocycles. The van der Waals surface area contributed by atoms with Crippen LogP contribution in [0.4, 0.5) is 5.69 Å². The van der Waals surface area contributed by atoms with E-state index < -0.39 is 54.1 Å². The smallest absolute Gasteiger partial charge is 0.394 e. The number of hydrogen-bond acceptors (Lipinski definition) is 9. The number of amides is 4. The summed E-state index contributed by atoms with van der Waals surface area (Å²) in [4.78, 5) is 69.7. The molecule has 0 aliphatic carbocycles. The van der Waals surface area contributed by atoms with Crippen LogP contribution in [0.2, 0.25) is 0 Å². The maximum Gasteiger partial charge on any atom is 0.394 e. The monoisotopic (exact) mass is 569 g/mol. The van der Waals surface area contributed by atoms with Crippen molar-refractivity contribution in [1.29, 1.82) is 0 Å². The molecule has 0 fully saturated rings. The average molecular weight is 570 g/mol. The maximum absolute atomic E-state index is 13.0. The summed E-state index contributed by atoms with van der Waals surface area (Å²) in [7, 11) is 2.97. The van der Waals surface area contributed by atoms with Gasteiger partial charge in [0, 0.05) is 42.7 Å². The summed E-state index contributed by atoms with van der Waals surface area (Å²) in [6.45, 7) is 3.75. The van der Waals surface area contributed by atoms with Crippen molar-refractivity contribution in [1.82, 2.24) is 16.0 Å². The van der Waals surface area contributed by atoms with Crippen molar-refractivity contribution in [3.8, 4) is 0 Å². The third-order valence-corrected chi connectivity index (χ3v) is 7.17. The van der Waals surface area contributed by atoms with Gasteiger partial charge in [-0.3, -0.25) is 24.0 Å². The molecule has 0 aromatic heterocycles. The molecular formula is C23H31N5O8S2. The van der Waals surface area contributed by atoms with Crippen LogP contribution in [0.3, 0.4) is 0 Å². The van der Waals surface area contributed by atoms with Crippen molar-refractivity contribution in [3.63, 3.8) is 0 Å². The summed E-state index contributed by atoms with van der Waals surface area (Å²) >= 11 is 0. The first kappa shape index (κ1) is 32.5. The van der Waals surface area contributed by atoms with Crippen molar-refractivity contribution in [2.24, 2.45) is 5.73 Å². The minimum atomic E-state index is -1.62. The zero-order chi connectivity index (χ0) is 28.5. The molecule has 0 saturated heterocycles. The number of carboxylic acids is 2. The molecule has 2 atom stereocenters. The highest BCUT2D eigenvalue weighted by molar-refractivity contribution is 8.76. The molecule has 38 heavy (non-hydrogen) atoms. The topological polar surface area (TPSA) is 217 Å². The van der Waals surface area contributed by atoms with Gasteiger partial charge in [-0.2, -0.15) is 0 Å². The molecule has 15 heteroatoms. The molecule has 8 N–H and O–H groups in total. The SMILES string of the molecule is C=CC(=O)NCCC(=O)N[C@@H](CC(=O)O)C(=O)N[C@@H](CSSCCN)Cc1ccc(NC(=O)C(=O)O)cc1. The Labute approximate surface area is 227 Å². The molecular weight excluding hydrogens is 538 g/mol. The number of nitrogens with two attached hydrogens (primary N) is 1. The fourth-order valence-corrected chi connectivity index (χ4v) is 5.01. The second kappa shape index (κ2) is 17.8. The quantitative estimate of drug-likeness (QED) is 0.0560. The summed E-state index contributed by atoms with van der Waals surface area (Å²) < 4.78 is 0. The number of hydrogen-bond donors (Lipinski definition) is 7. The van der Waals surface area contributed by atoms with Crippen LogP contribution in [0.5, 0.6) is 0 Å². The number of anilines is 1. The van der Waals surface area contributed by atoms with Gasteiger partial charge in [-0.1, -0.05) is 40.3 Å². The van der Waals surface area contributed by atoms with E-state index in [2.05, 4.69) is 27.8 Å². The van der Waals surface area contributed by atoms with Crippen LogP contribution in [0.25, 0.3) is 0 Å². The molecule has 13 nitrogen and oxygen atoms in total. The molecule has 4 amide bonds. The normalized spacial score (nSPS) is 11.9. The molecule has 1 aromatic carbocycles. The van der Waals surface area contributed by atoms with Gasteiger partial charge in [0.15, 0.2) is 0 Å². The van der Waals surface area contributed by atoms with E-state index >= 15 is 0 Å². The number of benzene rings is 1. The van der Waals surface area contributed by atoms with Crippen LogP contribution in [0, 0.1) is 0 Å². The van der Waals surface area contributed by atoms with E-state index in [1.165, 1.54) is 33.7 Å². The van der Waals surface area contributed by atoms with Gasteiger partial charge in [-0.15, -0.1) is 0 Å². The summed E-state index contributed by atoms with van der Waals surface area (Å²) in [5.74, 6) is -4.72. The minimum absolute atomic E-state index is 0.0152. The largest absolute Gasteiger partial charge is 0.481 e. The summed E-state index contributed by atoms with van der Waals surface area (Å²) in [5.41, 5.74) is 6.55. The van der Waals surface area contributed by atoms with E-state index in [4.69, 9.17) is 10.8 Å². The Bertz CT molecular complexity index is 1010. The van der Waals surface area contributed by atoms with Crippen molar-refractivity contribution in [2.75, 3.05) is 29.9 Å². The Hall–Kier alpha value is -3.56. The lowest BCUT2D eigenvalue weighted by Crippen LogP contribution is -2.51. The first-order chi connectivity index (χ1) is 18.0. The average Bonchev–Trinajstić information content (AvgIpc) is 2.86. The number of aliphatic carboxylic acids is 2. The summed E-state index contributed by atoms with van der Waals surface area (Å²) in [5, 5.41) is 27.8. The Morgan fingerprint density at radius 3 is 2.29 bits per heavy atom. The van der Waals surface area contributed by atoms with Crippen molar-refractivity contribution in [3.05, 3.63) is 42.5 Å². The predicted molar refractivity (Wildman–Crippen MR) is 144 cm³/mol. The number of carboxylic acid groups (broad SMARTS) is 2. The molecule has 0 saturated carbocycles. The van der Waals surface area contributed by atoms with E-state index in [1.54, 1.807) is 12.1 Å². The van der Waals surface area contributed by atoms with E-state index in [-0.39, 0.29) is 18.7 Å². The van der Waals surface area contributed by atoms with Gasteiger partial charge in [-0.05, 0) is 30.2 Å². The molecule has 0 radical (unpaired) electrons. The molecule has 1 rings (SSSR count). The Morgan fingerprint density at radius 2 is 1.71 bits per heavy atom. The first-order valence-electron chi connectivity index (χ1n) is 11.3. The van der Waals surface area contributed by atoms with E-state index in [1.807, 2.05) is 0 Å². The molecule has 208 valence electrons. The van der Waals surface area contributed by atoms with Crippen molar-refractivity contribution >= 4 is 62.8 Å². The van der Waals surface area contributed by atoms with Crippen LogP contribution in [0.1, 0.15) is 18.4 Å². The Kier molecular flexibility index (Phi) is 15.2. The molecule has 1 aromatic rings. The highest BCUT2D eigenvalue weighted by Crippen LogP contribution is 2.23. The zero-order valence-electron chi connectivity index (χ0n) is 20.4. The highest BCUT2D eigenvalue weighted by Gasteiger charge is 2.26. The van der Waals surface area contributed by atoms with Gasteiger partial charge >= 0.3 is 17.8 Å². The van der Waals surface area contributed by atoms with E-state index in [0.717, 1.165) is 11.6 Å². The lowest BCUT2D eigenvalue weighted by Gasteiger charge is -2.23. The molecule has 0 spiro atoms. The lowest BCUT2D eigenvalue weighted by atomic mass is 10.1. The van der Waals surface area contributed by atoms with Gasteiger partial charge < -0.3 is 37.2 Å². The number of rotatable bonds is 17. The Balaban J connectivity index is 2.88. The summed E-state index contributed by atoms with van der Waals surface area (Å²) in [6, 6.07) is 4.55. The standard InChI is InChI=1S/C23H31N5O8S2/c1-2-18(29)25-9-7-19(30)28-17(12-20(31)32)21(33)27-16(13-38-37-10-8-24)11-14-3-5-15(6-4-14)26-22(34)23(35)36/h2-6,16-17H,1,7-13,24H2,(H,25,29)(H,26,34)(H,27,33)(H,28,30)(H,31,32)(H,35,36)/t16-,17+/m1/s1. The highest BCUT2D eigenvalue weighted by atomic mass is 33.1. The van der Waals surface area contributed by atoms with E-state index in [9.17, 15) is 33.9 Å². The van der Waals surface area contributed by atoms with Gasteiger partial charge in [0.05, 0.1) is 6.42 Å². The fraction of sp³-hybridized carbons (Fsp3) is 0.391. The van der Waals surface area contributed by atoms with Gasteiger partial charge in [-0.25, -0.2) is 4.79 Å². The third-order valence-electron chi connectivity index (χ3n) is 4.66. The van der Waals surface area contributed by atoms with E-state index in [0.29, 0.717) is 24.5 Å². The molecule has 0 aliphatic rings. The van der Waals surface area contributed by atoms with Crippen LogP contribution in [-0.2, 0) is 35.2 Å². The van der Waals surface area contributed by atoms with Crippen LogP contribution >= 0.6 is 21.6 Å². The molecule has 0 bridgehead atoms. The fourth-order valence-electron chi connectivity index (χ4n) is 2.91. The molecule has 0 heterocycles. The second-order valence-electron chi connectivity index (χ2n) is 7.72. The first-order valence-corrected chi connectivity index (χ1v) is 13.8. The van der Waals surface area contributed by atoms with Crippen LogP contribution in [0.15, 0.2) is 36.9 Å². The zero-order valence-corrected chi connectivity index (χ0v) is 22.1. The maximum atomic E-state index is 13.0.